The van der Waals surface area contributed by atoms with Crippen molar-refractivity contribution in [3.63, 3.8) is 0 Å². The summed E-state index contributed by atoms with van der Waals surface area (Å²) in [7, 11) is 0. The van der Waals surface area contributed by atoms with E-state index in [1.165, 1.54) is 4.90 Å². The maximum Gasteiger partial charge on any atom is 0.293 e. The smallest absolute Gasteiger partial charge is 0.293 e. The highest BCUT2D eigenvalue weighted by Gasteiger charge is 2.35. The molecule has 0 spiro atoms. The first kappa shape index (κ1) is 18.3. The number of aryl methyl sites for hydroxylation is 1. The van der Waals surface area contributed by atoms with Gasteiger partial charge in [-0.1, -0.05) is 24.3 Å². The zero-order valence-electron chi connectivity index (χ0n) is 15.2. The summed E-state index contributed by atoms with van der Waals surface area (Å²) in [5.74, 6) is 1.07. The van der Waals surface area contributed by atoms with Gasteiger partial charge in [-0.3, -0.25) is 14.5 Å². The number of nitrogens with zero attached hydrogens (tertiary/aromatic N) is 2. The van der Waals surface area contributed by atoms with E-state index in [-0.39, 0.29) is 17.7 Å². The van der Waals surface area contributed by atoms with Gasteiger partial charge in [0, 0.05) is 25.2 Å². The van der Waals surface area contributed by atoms with Crippen LogP contribution >= 0.6 is 11.8 Å². The van der Waals surface area contributed by atoms with Crippen LogP contribution < -0.4 is 4.90 Å². The van der Waals surface area contributed by atoms with Crippen molar-refractivity contribution in [1.29, 1.82) is 0 Å². The molecule has 1 saturated heterocycles. The molecule has 1 aliphatic heterocycles. The van der Waals surface area contributed by atoms with Gasteiger partial charge in [-0.25, -0.2) is 0 Å². The monoisotopic (exact) mass is 370 g/mol. The van der Waals surface area contributed by atoms with Crippen LogP contribution in [0.15, 0.2) is 45.7 Å². The molecule has 2 heterocycles. The lowest BCUT2D eigenvalue weighted by Crippen LogP contribution is -2.27. The molecule has 136 valence electrons. The van der Waals surface area contributed by atoms with E-state index >= 15 is 0 Å². The summed E-state index contributed by atoms with van der Waals surface area (Å²) >= 11 is 0.956. The molecule has 0 unspecified atom stereocenters. The maximum atomic E-state index is 12.7. The highest BCUT2D eigenvalue weighted by molar-refractivity contribution is 8.18. The normalized spacial score (nSPS) is 16.0. The predicted octanol–water partition coefficient (Wildman–Crippen LogP) is 4.67. The second kappa shape index (κ2) is 7.83. The zero-order valence-corrected chi connectivity index (χ0v) is 16.0. The van der Waals surface area contributed by atoms with Crippen LogP contribution in [0.25, 0.3) is 6.08 Å². The second-order valence-electron chi connectivity index (χ2n) is 6.04. The average molecular weight is 370 g/mol. The molecule has 0 saturated carbocycles. The molecule has 2 aromatic rings. The molecule has 0 radical (unpaired) electrons. The first-order chi connectivity index (χ1) is 12.5. The Bertz CT molecular complexity index is 852. The van der Waals surface area contributed by atoms with Crippen LogP contribution in [0.2, 0.25) is 0 Å². The fourth-order valence-electron chi connectivity index (χ4n) is 2.85. The number of benzene rings is 1. The fraction of sp³-hybridized carbons (Fsp3) is 0.300. The number of hydrogen-bond donors (Lipinski definition) is 0. The highest BCUT2D eigenvalue weighted by Crippen LogP contribution is 2.34. The summed E-state index contributed by atoms with van der Waals surface area (Å²) in [6.45, 7) is 8.07. The van der Waals surface area contributed by atoms with Crippen LogP contribution in [-0.4, -0.2) is 29.1 Å². The third kappa shape index (κ3) is 3.70. The minimum atomic E-state index is -0.274. The number of thioether (sulfide) groups is 1. The van der Waals surface area contributed by atoms with Crippen molar-refractivity contribution in [3.05, 3.63) is 58.2 Å². The van der Waals surface area contributed by atoms with Crippen molar-refractivity contribution in [2.45, 2.75) is 27.3 Å². The van der Waals surface area contributed by atoms with Gasteiger partial charge in [0.1, 0.15) is 5.76 Å². The van der Waals surface area contributed by atoms with E-state index in [0.29, 0.717) is 10.7 Å². The van der Waals surface area contributed by atoms with Crippen LogP contribution in [-0.2, 0) is 11.3 Å². The van der Waals surface area contributed by atoms with Crippen molar-refractivity contribution >= 4 is 34.9 Å². The van der Waals surface area contributed by atoms with E-state index in [0.717, 1.165) is 41.9 Å². The number of amides is 2. The largest absolute Gasteiger partial charge is 0.441 e. The summed E-state index contributed by atoms with van der Waals surface area (Å²) < 4.78 is 5.80. The molecule has 0 atom stereocenters. The number of carbonyl (C=O) groups is 2. The first-order valence-electron chi connectivity index (χ1n) is 8.68. The van der Waals surface area contributed by atoms with Crippen molar-refractivity contribution in [2.75, 3.05) is 18.0 Å². The van der Waals surface area contributed by atoms with Crippen LogP contribution in [0.1, 0.15) is 30.7 Å². The number of carbonyl (C=O) groups excluding carboxylic acids is 2. The summed E-state index contributed by atoms with van der Waals surface area (Å²) in [5, 5.41) is -0.250. The van der Waals surface area contributed by atoms with Crippen LogP contribution in [0.5, 0.6) is 0 Å². The summed E-state index contributed by atoms with van der Waals surface area (Å²) in [5.41, 5.74) is 2.03. The van der Waals surface area contributed by atoms with E-state index in [1.54, 1.807) is 6.08 Å². The molecule has 2 amide bonds. The summed E-state index contributed by atoms with van der Waals surface area (Å²) in [6, 6.07) is 11.5. The van der Waals surface area contributed by atoms with Gasteiger partial charge in [-0.2, -0.15) is 0 Å². The molecule has 6 heteroatoms. The van der Waals surface area contributed by atoms with Gasteiger partial charge < -0.3 is 9.32 Å². The minimum absolute atomic E-state index is 0.250. The number of rotatable bonds is 6. The second-order valence-corrected chi connectivity index (χ2v) is 7.04. The lowest BCUT2D eigenvalue weighted by Gasteiger charge is -2.16. The van der Waals surface area contributed by atoms with E-state index in [1.807, 2.05) is 43.3 Å². The van der Waals surface area contributed by atoms with Gasteiger partial charge in [0.05, 0.1) is 11.4 Å². The Morgan fingerprint density at radius 1 is 1.12 bits per heavy atom. The van der Waals surface area contributed by atoms with Gasteiger partial charge in [0.15, 0.2) is 5.88 Å². The molecule has 0 bridgehead atoms. The number of imide groups is 1. The molecule has 1 aromatic heterocycles. The first-order valence-corrected chi connectivity index (χ1v) is 9.49. The third-order valence-electron chi connectivity index (χ3n) is 4.42. The van der Waals surface area contributed by atoms with E-state index in [4.69, 9.17) is 4.42 Å². The zero-order chi connectivity index (χ0) is 18.7. The molecular weight excluding hydrogens is 348 g/mol. The van der Waals surface area contributed by atoms with Crippen LogP contribution in [0.4, 0.5) is 10.7 Å². The quantitative estimate of drug-likeness (QED) is 0.692. The van der Waals surface area contributed by atoms with Crippen LogP contribution in [0.3, 0.4) is 0 Å². The van der Waals surface area contributed by atoms with E-state index in [2.05, 4.69) is 18.7 Å². The number of hydrogen-bond acceptors (Lipinski definition) is 5. The van der Waals surface area contributed by atoms with Gasteiger partial charge >= 0.3 is 0 Å². The number of furan rings is 1. The van der Waals surface area contributed by atoms with Crippen molar-refractivity contribution in [3.8, 4) is 0 Å². The molecule has 26 heavy (non-hydrogen) atoms. The van der Waals surface area contributed by atoms with Crippen molar-refractivity contribution in [1.82, 2.24) is 4.90 Å². The van der Waals surface area contributed by atoms with Gasteiger partial charge in [-0.05, 0) is 49.7 Å². The molecule has 0 N–H and O–H groups in total. The Morgan fingerprint density at radius 3 is 2.54 bits per heavy atom. The average Bonchev–Trinajstić information content (AvgIpc) is 3.18. The Morgan fingerprint density at radius 2 is 1.85 bits per heavy atom. The standard InChI is InChI=1S/C20H22N2O3S/c1-4-21(5-2)18-11-10-16(25-18)12-17-19(23)22(20(24)26-17)13-15-9-7-6-8-14(15)3/h6-12H,4-5,13H2,1-3H3/b17-12-. The Kier molecular flexibility index (Phi) is 5.52. The molecule has 1 aromatic carbocycles. The van der Waals surface area contributed by atoms with Gasteiger partial charge in [0.2, 0.25) is 0 Å². The Balaban J connectivity index is 1.78. The molecule has 1 fully saturated rings. The highest BCUT2D eigenvalue weighted by atomic mass is 32.2. The molecule has 0 aliphatic carbocycles. The molecule has 1 aliphatic rings. The topological polar surface area (TPSA) is 53.8 Å². The minimum Gasteiger partial charge on any atom is -0.441 e. The van der Waals surface area contributed by atoms with Gasteiger partial charge in [0.25, 0.3) is 11.1 Å². The molecule has 3 rings (SSSR count). The number of anilines is 1. The van der Waals surface area contributed by atoms with Gasteiger partial charge in [-0.15, -0.1) is 0 Å². The fourth-order valence-corrected chi connectivity index (χ4v) is 3.67. The Hall–Kier alpha value is -2.47. The summed E-state index contributed by atoms with van der Waals surface area (Å²) in [4.78, 5) is 28.7. The summed E-state index contributed by atoms with van der Waals surface area (Å²) in [6.07, 6.45) is 1.65. The van der Waals surface area contributed by atoms with Crippen LogP contribution in [0, 0.1) is 6.92 Å². The Labute approximate surface area is 157 Å². The van der Waals surface area contributed by atoms with Crippen molar-refractivity contribution < 1.29 is 14.0 Å². The third-order valence-corrected chi connectivity index (χ3v) is 5.33. The SMILES string of the molecule is CCN(CC)c1ccc(/C=C2\SC(=O)N(Cc3ccccc3C)C2=O)o1. The predicted molar refractivity (Wildman–Crippen MR) is 105 cm³/mol. The maximum absolute atomic E-state index is 12.7. The van der Waals surface area contributed by atoms with Crippen molar-refractivity contribution in [2.24, 2.45) is 0 Å². The lowest BCUT2D eigenvalue weighted by atomic mass is 10.1. The van der Waals surface area contributed by atoms with E-state index in [9.17, 15) is 9.59 Å². The lowest BCUT2D eigenvalue weighted by molar-refractivity contribution is -0.123. The molecular formula is C20H22N2O3S. The van der Waals surface area contributed by atoms with E-state index < -0.39 is 0 Å². The molecule has 5 nitrogen and oxygen atoms in total.